The Labute approximate surface area is 114 Å². The molecule has 1 N–H and O–H groups in total. The second kappa shape index (κ2) is 5.70. The van der Waals surface area contributed by atoms with E-state index in [4.69, 9.17) is 4.74 Å². The van der Waals surface area contributed by atoms with E-state index in [1.54, 1.807) is 0 Å². The van der Waals surface area contributed by atoms with Gasteiger partial charge < -0.3 is 10.1 Å². The summed E-state index contributed by atoms with van der Waals surface area (Å²) < 4.78 is 5.46. The number of likely N-dealkylation sites (N-methyl/N-ethyl adjacent to an activating group) is 1. The van der Waals surface area contributed by atoms with E-state index in [0.717, 1.165) is 26.3 Å². The van der Waals surface area contributed by atoms with Crippen LogP contribution in [0.15, 0.2) is 12.1 Å². The van der Waals surface area contributed by atoms with Crippen molar-refractivity contribution >= 4 is 11.3 Å². The van der Waals surface area contributed by atoms with Crippen LogP contribution in [0, 0.1) is 6.92 Å². The molecule has 1 unspecified atom stereocenters. The van der Waals surface area contributed by atoms with Gasteiger partial charge in [0, 0.05) is 28.4 Å². The summed E-state index contributed by atoms with van der Waals surface area (Å²) in [5.41, 5.74) is 0.107. The van der Waals surface area contributed by atoms with Crippen molar-refractivity contribution in [2.24, 2.45) is 0 Å². The first-order valence-electron chi connectivity index (χ1n) is 6.62. The molecule has 0 aromatic carbocycles. The first-order chi connectivity index (χ1) is 8.55. The van der Waals surface area contributed by atoms with Gasteiger partial charge in [-0.25, -0.2) is 0 Å². The van der Waals surface area contributed by atoms with Gasteiger partial charge in [-0.1, -0.05) is 0 Å². The standard InChI is InChI=1S/C14H24N2OS/c1-11-5-6-12(18-11)13(15-4)14(2,3)16-7-9-17-10-8-16/h5-6,13,15H,7-10H2,1-4H3. The highest BCUT2D eigenvalue weighted by atomic mass is 32.1. The molecule has 0 aliphatic carbocycles. The minimum absolute atomic E-state index is 0.107. The van der Waals surface area contributed by atoms with Crippen molar-refractivity contribution in [3.05, 3.63) is 21.9 Å². The molecule has 0 bridgehead atoms. The summed E-state index contributed by atoms with van der Waals surface area (Å²) in [6, 6.07) is 4.83. The van der Waals surface area contributed by atoms with Crippen LogP contribution in [-0.2, 0) is 4.74 Å². The Hall–Kier alpha value is -0.420. The first-order valence-corrected chi connectivity index (χ1v) is 7.43. The average Bonchev–Trinajstić information content (AvgIpc) is 2.77. The largest absolute Gasteiger partial charge is 0.379 e. The fourth-order valence-corrected chi connectivity index (χ4v) is 3.94. The topological polar surface area (TPSA) is 24.5 Å². The fourth-order valence-electron chi connectivity index (χ4n) is 2.77. The molecule has 1 aromatic rings. The number of thiophene rings is 1. The molecule has 1 saturated heterocycles. The van der Waals surface area contributed by atoms with Gasteiger partial charge in [0.15, 0.2) is 0 Å². The molecule has 1 aromatic heterocycles. The Balaban J connectivity index is 2.19. The maximum atomic E-state index is 5.46. The van der Waals surface area contributed by atoms with Crippen LogP contribution in [0.3, 0.4) is 0 Å². The number of hydrogen-bond acceptors (Lipinski definition) is 4. The van der Waals surface area contributed by atoms with Crippen molar-refractivity contribution < 1.29 is 4.74 Å². The van der Waals surface area contributed by atoms with Gasteiger partial charge in [-0.05, 0) is 40.0 Å². The van der Waals surface area contributed by atoms with Crippen LogP contribution in [0.2, 0.25) is 0 Å². The van der Waals surface area contributed by atoms with Crippen LogP contribution in [0.5, 0.6) is 0 Å². The molecule has 0 amide bonds. The SMILES string of the molecule is CNC(c1ccc(C)s1)C(C)(C)N1CCOCC1. The minimum atomic E-state index is 0.107. The van der Waals surface area contributed by atoms with Gasteiger partial charge in [-0.15, -0.1) is 11.3 Å². The van der Waals surface area contributed by atoms with Crippen molar-refractivity contribution in [1.29, 1.82) is 0 Å². The van der Waals surface area contributed by atoms with E-state index >= 15 is 0 Å². The summed E-state index contributed by atoms with van der Waals surface area (Å²) in [7, 11) is 2.06. The number of aryl methyl sites for hydroxylation is 1. The van der Waals surface area contributed by atoms with Crippen LogP contribution in [0.1, 0.15) is 29.6 Å². The van der Waals surface area contributed by atoms with Gasteiger partial charge >= 0.3 is 0 Å². The van der Waals surface area contributed by atoms with Crippen molar-refractivity contribution in [2.75, 3.05) is 33.4 Å². The number of nitrogens with zero attached hydrogens (tertiary/aromatic N) is 1. The lowest BCUT2D eigenvalue weighted by Gasteiger charge is -2.45. The van der Waals surface area contributed by atoms with Crippen molar-refractivity contribution in [2.45, 2.75) is 32.4 Å². The zero-order valence-corrected chi connectivity index (χ0v) is 12.6. The molecule has 1 aliphatic heterocycles. The molecule has 18 heavy (non-hydrogen) atoms. The van der Waals surface area contributed by atoms with E-state index in [-0.39, 0.29) is 5.54 Å². The lowest BCUT2D eigenvalue weighted by Crippen LogP contribution is -2.55. The highest BCUT2D eigenvalue weighted by Crippen LogP contribution is 2.34. The number of hydrogen-bond donors (Lipinski definition) is 1. The summed E-state index contributed by atoms with van der Waals surface area (Å²) >= 11 is 1.89. The van der Waals surface area contributed by atoms with Gasteiger partial charge in [0.05, 0.1) is 19.3 Å². The molecule has 2 rings (SSSR count). The van der Waals surface area contributed by atoms with Gasteiger partial charge in [0.25, 0.3) is 0 Å². The third-order valence-corrected chi connectivity index (χ3v) is 4.93. The highest BCUT2D eigenvalue weighted by molar-refractivity contribution is 7.12. The van der Waals surface area contributed by atoms with E-state index in [0.29, 0.717) is 6.04 Å². The van der Waals surface area contributed by atoms with E-state index in [9.17, 15) is 0 Å². The van der Waals surface area contributed by atoms with Gasteiger partial charge in [0.1, 0.15) is 0 Å². The summed E-state index contributed by atoms with van der Waals surface area (Å²) in [5, 5.41) is 3.50. The Morgan fingerprint density at radius 3 is 2.50 bits per heavy atom. The molecule has 1 atom stereocenters. The lowest BCUT2D eigenvalue weighted by atomic mass is 9.90. The average molecular weight is 268 g/mol. The molecule has 0 saturated carbocycles. The van der Waals surface area contributed by atoms with E-state index in [2.05, 4.69) is 50.2 Å². The Kier molecular flexibility index (Phi) is 4.43. The smallest absolute Gasteiger partial charge is 0.0594 e. The predicted molar refractivity (Wildman–Crippen MR) is 77.3 cm³/mol. The molecule has 0 spiro atoms. The zero-order chi connectivity index (χ0) is 13.2. The van der Waals surface area contributed by atoms with Crippen molar-refractivity contribution in [1.82, 2.24) is 10.2 Å². The van der Waals surface area contributed by atoms with Crippen LogP contribution >= 0.6 is 11.3 Å². The van der Waals surface area contributed by atoms with Gasteiger partial charge in [-0.2, -0.15) is 0 Å². The molecule has 102 valence electrons. The summed E-state index contributed by atoms with van der Waals surface area (Å²) in [6.45, 7) is 10.6. The Bertz CT molecular complexity index is 383. The maximum Gasteiger partial charge on any atom is 0.0594 e. The zero-order valence-electron chi connectivity index (χ0n) is 11.8. The summed E-state index contributed by atoms with van der Waals surface area (Å²) in [4.78, 5) is 5.33. The third-order valence-electron chi connectivity index (χ3n) is 3.87. The Morgan fingerprint density at radius 1 is 1.33 bits per heavy atom. The molecule has 0 radical (unpaired) electrons. The van der Waals surface area contributed by atoms with Gasteiger partial charge in [-0.3, -0.25) is 4.90 Å². The lowest BCUT2D eigenvalue weighted by molar-refractivity contribution is -0.0224. The number of ether oxygens (including phenoxy) is 1. The first kappa shape index (κ1) is 14.0. The normalized spacial score (nSPS) is 20.0. The third kappa shape index (κ3) is 2.77. The Morgan fingerprint density at radius 2 is 2.00 bits per heavy atom. The minimum Gasteiger partial charge on any atom is -0.379 e. The van der Waals surface area contributed by atoms with Gasteiger partial charge in [0.2, 0.25) is 0 Å². The van der Waals surface area contributed by atoms with Crippen molar-refractivity contribution in [3.63, 3.8) is 0 Å². The number of morpholine rings is 1. The molecule has 1 aliphatic rings. The second-order valence-corrected chi connectivity index (χ2v) is 6.74. The molecule has 1 fully saturated rings. The molecule has 3 nitrogen and oxygen atoms in total. The van der Waals surface area contributed by atoms with E-state index < -0.39 is 0 Å². The monoisotopic (exact) mass is 268 g/mol. The van der Waals surface area contributed by atoms with Crippen LogP contribution < -0.4 is 5.32 Å². The fraction of sp³-hybridized carbons (Fsp3) is 0.714. The molecular formula is C14H24N2OS. The summed E-state index contributed by atoms with van der Waals surface area (Å²) in [6.07, 6.45) is 0. The molecular weight excluding hydrogens is 244 g/mol. The van der Waals surface area contributed by atoms with Crippen LogP contribution in [0.4, 0.5) is 0 Å². The van der Waals surface area contributed by atoms with Crippen LogP contribution in [-0.4, -0.2) is 43.8 Å². The van der Waals surface area contributed by atoms with Crippen LogP contribution in [0.25, 0.3) is 0 Å². The predicted octanol–water partition coefficient (Wildman–Crippen LogP) is 2.43. The maximum absolute atomic E-state index is 5.46. The second-order valence-electron chi connectivity index (χ2n) is 5.42. The van der Waals surface area contributed by atoms with E-state index in [1.807, 2.05) is 11.3 Å². The highest BCUT2D eigenvalue weighted by Gasteiger charge is 2.36. The number of nitrogens with one attached hydrogen (secondary N) is 1. The van der Waals surface area contributed by atoms with Crippen molar-refractivity contribution in [3.8, 4) is 0 Å². The quantitative estimate of drug-likeness (QED) is 0.907. The molecule has 2 heterocycles. The number of rotatable bonds is 4. The molecule has 4 heteroatoms. The summed E-state index contributed by atoms with van der Waals surface area (Å²) in [5.74, 6) is 0. The van der Waals surface area contributed by atoms with E-state index in [1.165, 1.54) is 9.75 Å².